The van der Waals surface area contributed by atoms with Crippen LogP contribution < -0.4 is 5.32 Å². The van der Waals surface area contributed by atoms with E-state index in [0.29, 0.717) is 11.3 Å². The van der Waals surface area contributed by atoms with Gasteiger partial charge in [-0.3, -0.25) is 0 Å². The van der Waals surface area contributed by atoms with Gasteiger partial charge in [-0.15, -0.1) is 4.36 Å². The third kappa shape index (κ3) is 3.49. The van der Waals surface area contributed by atoms with Crippen molar-refractivity contribution in [2.45, 2.75) is 70.0 Å². The van der Waals surface area contributed by atoms with Crippen LogP contribution in [0.15, 0.2) is 26.0 Å². The molecule has 2 aliphatic rings. The monoisotopic (exact) mass is 402 g/mol. The van der Waals surface area contributed by atoms with Gasteiger partial charge in [-0.25, -0.2) is 9.00 Å². The second-order valence-electron chi connectivity index (χ2n) is 8.15. The molecule has 2 aromatic rings. The number of benzene rings is 1. The van der Waals surface area contributed by atoms with Gasteiger partial charge in [0.05, 0.1) is 5.60 Å². The Bertz CT molecular complexity index is 1010. The number of urea groups is 1. The number of nitrogens with zero attached hydrogens (tertiary/aromatic N) is 1. The summed E-state index contributed by atoms with van der Waals surface area (Å²) in [6.07, 6.45) is 6.19. The lowest BCUT2D eigenvalue weighted by Crippen LogP contribution is -2.15. The Morgan fingerprint density at radius 3 is 2.29 bits per heavy atom. The Morgan fingerprint density at radius 2 is 1.75 bits per heavy atom. The van der Waals surface area contributed by atoms with E-state index in [-0.39, 0.29) is 5.09 Å². The zero-order valence-corrected chi connectivity index (χ0v) is 17.4. The molecule has 150 valence electrons. The topological polar surface area (TPSA) is 91.9 Å². The van der Waals surface area contributed by atoms with Crippen molar-refractivity contribution in [2.24, 2.45) is 4.36 Å². The van der Waals surface area contributed by atoms with E-state index in [2.05, 4.69) is 15.7 Å². The van der Waals surface area contributed by atoms with Crippen molar-refractivity contribution in [1.82, 2.24) is 0 Å². The standard InChI is InChI=1S/C21H26N2O4S/c1-12-17(21(2,3)25)11-18(27-12)28(26)23-20(24)22-19-15-8-4-6-13(15)10-14-7-5-9-16(14)19/h10-11,25,28H,4-9H2,1-3H3,(H,22,24). The summed E-state index contributed by atoms with van der Waals surface area (Å²) in [5.41, 5.74) is 5.35. The minimum atomic E-state index is -2.38. The highest BCUT2D eigenvalue weighted by atomic mass is 32.2. The second kappa shape index (κ2) is 7.04. The van der Waals surface area contributed by atoms with Gasteiger partial charge in [-0.1, -0.05) is 6.07 Å². The highest BCUT2D eigenvalue weighted by Crippen LogP contribution is 2.38. The molecule has 0 bridgehead atoms. The van der Waals surface area contributed by atoms with Crippen LogP contribution in [0.25, 0.3) is 0 Å². The van der Waals surface area contributed by atoms with Gasteiger partial charge >= 0.3 is 6.03 Å². The van der Waals surface area contributed by atoms with Crippen LogP contribution in [-0.4, -0.2) is 15.3 Å². The van der Waals surface area contributed by atoms with Crippen LogP contribution in [0.3, 0.4) is 0 Å². The number of furan rings is 1. The van der Waals surface area contributed by atoms with Crippen molar-refractivity contribution >= 4 is 22.3 Å². The molecule has 0 saturated carbocycles. The molecule has 2 amide bonds. The molecule has 1 atom stereocenters. The number of amides is 2. The van der Waals surface area contributed by atoms with E-state index in [9.17, 15) is 14.1 Å². The molecular formula is C21H26N2O4S. The summed E-state index contributed by atoms with van der Waals surface area (Å²) in [7, 11) is -2.38. The van der Waals surface area contributed by atoms with Gasteiger partial charge in [0.15, 0.2) is 5.09 Å². The molecule has 0 saturated heterocycles. The van der Waals surface area contributed by atoms with E-state index in [1.54, 1.807) is 20.8 Å². The van der Waals surface area contributed by atoms with Crippen LogP contribution in [-0.2, 0) is 41.9 Å². The quantitative estimate of drug-likeness (QED) is 0.676. The Labute approximate surface area is 166 Å². The van der Waals surface area contributed by atoms with Crippen molar-refractivity contribution < 1.29 is 18.5 Å². The molecule has 2 aliphatic carbocycles. The van der Waals surface area contributed by atoms with Crippen molar-refractivity contribution in [1.29, 1.82) is 0 Å². The van der Waals surface area contributed by atoms with Crippen LogP contribution in [0.4, 0.5) is 10.5 Å². The summed E-state index contributed by atoms with van der Waals surface area (Å²) < 4.78 is 21.8. The first-order valence-corrected chi connectivity index (χ1v) is 10.9. The van der Waals surface area contributed by atoms with Crippen LogP contribution in [0.5, 0.6) is 0 Å². The number of aliphatic hydroxyl groups is 1. The summed E-state index contributed by atoms with van der Waals surface area (Å²) in [5.74, 6) is 0.472. The minimum Gasteiger partial charge on any atom is -0.452 e. The molecule has 1 heterocycles. The van der Waals surface area contributed by atoms with Gasteiger partial charge in [0, 0.05) is 17.3 Å². The number of rotatable bonds is 3. The molecule has 0 spiro atoms. The molecule has 7 heteroatoms. The number of hydrogen-bond donors (Lipinski definition) is 3. The SMILES string of the molecule is Cc1oc(/[SH](=O)=N/C(=O)Nc2c3c(cc4c2CCC4)CCC3)cc1C(C)(C)O. The summed E-state index contributed by atoms with van der Waals surface area (Å²) in [6, 6.07) is 3.19. The van der Waals surface area contributed by atoms with Gasteiger partial charge in [-0.2, -0.15) is 0 Å². The van der Waals surface area contributed by atoms with Crippen LogP contribution in [0.1, 0.15) is 60.3 Å². The summed E-state index contributed by atoms with van der Waals surface area (Å²) in [5, 5.41) is 13.2. The Hall–Kier alpha value is -2.12. The molecule has 0 aliphatic heterocycles. The highest BCUT2D eigenvalue weighted by Gasteiger charge is 2.26. The predicted molar refractivity (Wildman–Crippen MR) is 108 cm³/mol. The number of thiol groups is 1. The van der Waals surface area contributed by atoms with Gasteiger partial charge in [0.2, 0.25) is 0 Å². The number of aryl methyl sites for hydroxylation is 3. The fraction of sp³-hybridized carbons (Fsp3) is 0.476. The van der Waals surface area contributed by atoms with E-state index in [0.717, 1.165) is 44.2 Å². The summed E-state index contributed by atoms with van der Waals surface area (Å²) in [4.78, 5) is 12.5. The zero-order chi connectivity index (χ0) is 20.1. The zero-order valence-electron chi connectivity index (χ0n) is 16.5. The van der Waals surface area contributed by atoms with E-state index in [1.807, 2.05) is 0 Å². The maximum atomic E-state index is 12.6. The Morgan fingerprint density at radius 1 is 1.14 bits per heavy atom. The molecule has 0 radical (unpaired) electrons. The average molecular weight is 403 g/mol. The van der Waals surface area contributed by atoms with Crippen LogP contribution in [0, 0.1) is 6.92 Å². The average Bonchev–Trinajstić information content (AvgIpc) is 3.32. The smallest absolute Gasteiger partial charge is 0.353 e. The van der Waals surface area contributed by atoms with Crippen LogP contribution >= 0.6 is 0 Å². The first-order valence-electron chi connectivity index (χ1n) is 9.73. The van der Waals surface area contributed by atoms with E-state index < -0.39 is 22.2 Å². The lowest BCUT2D eigenvalue weighted by atomic mass is 9.99. The first kappa shape index (κ1) is 19.2. The van der Waals surface area contributed by atoms with Crippen LogP contribution in [0.2, 0.25) is 0 Å². The van der Waals surface area contributed by atoms with E-state index in [4.69, 9.17) is 4.42 Å². The molecule has 28 heavy (non-hydrogen) atoms. The number of anilines is 1. The molecular weight excluding hydrogens is 376 g/mol. The van der Waals surface area contributed by atoms with Gasteiger partial charge < -0.3 is 14.8 Å². The third-order valence-electron chi connectivity index (χ3n) is 5.64. The predicted octanol–water partition coefficient (Wildman–Crippen LogP) is 4.05. The molecule has 1 unspecified atom stereocenters. The van der Waals surface area contributed by atoms with Gasteiger partial charge in [0.25, 0.3) is 0 Å². The highest BCUT2D eigenvalue weighted by molar-refractivity contribution is 7.75. The largest absolute Gasteiger partial charge is 0.452 e. The number of nitrogens with one attached hydrogen (secondary N) is 1. The van der Waals surface area contributed by atoms with Crippen molar-refractivity contribution in [2.75, 3.05) is 5.32 Å². The number of fused-ring (bicyclic) bond motifs is 2. The van der Waals surface area contributed by atoms with Gasteiger partial charge in [-0.05, 0) is 81.5 Å². The first-order chi connectivity index (χ1) is 13.2. The number of hydrogen-bond acceptors (Lipinski definition) is 4. The van der Waals surface area contributed by atoms with Gasteiger partial charge in [0.1, 0.15) is 16.4 Å². The number of carbonyl (C=O) groups excluding carboxylic acids is 1. The molecule has 6 nitrogen and oxygen atoms in total. The Balaban J connectivity index is 1.61. The summed E-state index contributed by atoms with van der Waals surface area (Å²) in [6.45, 7) is 4.95. The van der Waals surface area contributed by atoms with E-state index in [1.165, 1.54) is 28.3 Å². The van der Waals surface area contributed by atoms with Crippen molar-refractivity contribution in [3.05, 3.63) is 45.7 Å². The lowest BCUT2D eigenvalue weighted by molar-refractivity contribution is 0.0769. The summed E-state index contributed by atoms with van der Waals surface area (Å²) >= 11 is 0. The number of carbonyl (C=O) groups is 1. The molecule has 4 rings (SSSR count). The fourth-order valence-electron chi connectivity index (χ4n) is 4.40. The fourth-order valence-corrected chi connectivity index (χ4v) is 5.17. The maximum Gasteiger partial charge on any atom is 0.353 e. The third-order valence-corrected chi connectivity index (χ3v) is 6.60. The second-order valence-corrected chi connectivity index (χ2v) is 9.34. The normalized spacial score (nSPS) is 16.9. The van der Waals surface area contributed by atoms with E-state index >= 15 is 0 Å². The minimum absolute atomic E-state index is 0.100. The maximum absolute atomic E-state index is 12.6. The lowest BCUT2D eigenvalue weighted by Gasteiger charge is -2.15. The molecule has 1 aromatic heterocycles. The molecule has 1 aromatic carbocycles. The Kier molecular flexibility index (Phi) is 4.83. The molecule has 0 fully saturated rings. The molecule has 2 N–H and O–H groups in total. The van der Waals surface area contributed by atoms with Crippen molar-refractivity contribution in [3.8, 4) is 0 Å². The van der Waals surface area contributed by atoms with Crippen molar-refractivity contribution in [3.63, 3.8) is 0 Å².